The predicted octanol–water partition coefficient (Wildman–Crippen LogP) is 1.39. The van der Waals surface area contributed by atoms with Crippen molar-refractivity contribution >= 4 is 5.91 Å². The molecular weight excluding hydrogens is 242 g/mol. The van der Waals surface area contributed by atoms with Crippen molar-refractivity contribution in [2.24, 2.45) is 5.92 Å². The zero-order valence-electron chi connectivity index (χ0n) is 11.1. The van der Waals surface area contributed by atoms with Crippen molar-refractivity contribution in [1.82, 2.24) is 4.90 Å². The Labute approximate surface area is 113 Å². The normalized spacial score (nSPS) is 26.9. The molecule has 19 heavy (non-hydrogen) atoms. The van der Waals surface area contributed by atoms with Gasteiger partial charge in [-0.15, -0.1) is 0 Å². The summed E-state index contributed by atoms with van der Waals surface area (Å²) in [6.45, 7) is 3.64. The molecule has 1 N–H and O–H groups in total. The predicted molar refractivity (Wildman–Crippen MR) is 71.0 cm³/mol. The molecule has 102 valence electrons. The lowest BCUT2D eigenvalue weighted by Gasteiger charge is -2.20. The number of carbonyl (C=O) groups excluding carboxylic acids is 1. The van der Waals surface area contributed by atoms with Gasteiger partial charge in [-0.3, -0.25) is 4.79 Å². The minimum absolute atomic E-state index is 0.133. The number of fused-ring (bicyclic) bond motifs is 1. The Morgan fingerprint density at radius 2 is 2.26 bits per heavy atom. The van der Waals surface area contributed by atoms with Crippen molar-refractivity contribution in [2.45, 2.75) is 25.4 Å². The van der Waals surface area contributed by atoms with Crippen LogP contribution >= 0.6 is 0 Å². The number of nitrogens with zero attached hydrogens (tertiary/aromatic N) is 1. The molecule has 3 unspecified atom stereocenters. The number of aliphatic hydroxyl groups is 1. The summed E-state index contributed by atoms with van der Waals surface area (Å²) in [6.07, 6.45) is 0.545. The largest absolute Gasteiger partial charge is 0.492 e. The molecule has 0 aromatic heterocycles. The van der Waals surface area contributed by atoms with E-state index in [0.29, 0.717) is 13.2 Å². The van der Waals surface area contributed by atoms with E-state index in [-0.39, 0.29) is 23.8 Å². The summed E-state index contributed by atoms with van der Waals surface area (Å²) in [6, 6.07) is 7.74. The highest BCUT2D eigenvalue weighted by Gasteiger charge is 2.37. The number of likely N-dealkylation sites (tertiary alicyclic amines) is 1. The van der Waals surface area contributed by atoms with Crippen LogP contribution in [0.25, 0.3) is 0 Å². The molecule has 0 spiro atoms. The Bertz CT molecular complexity index is 486. The summed E-state index contributed by atoms with van der Waals surface area (Å²) in [5.74, 6) is 0.991. The van der Waals surface area contributed by atoms with Gasteiger partial charge in [0.1, 0.15) is 18.3 Å². The molecule has 3 atom stereocenters. The van der Waals surface area contributed by atoms with Gasteiger partial charge in [0.25, 0.3) is 0 Å². The molecule has 1 fully saturated rings. The van der Waals surface area contributed by atoms with E-state index in [1.165, 1.54) is 0 Å². The number of hydrogen-bond donors (Lipinski definition) is 1. The van der Waals surface area contributed by atoms with Crippen molar-refractivity contribution in [2.75, 3.05) is 19.7 Å². The second-order valence-electron chi connectivity index (χ2n) is 5.48. The molecule has 1 aromatic carbocycles. The Hall–Kier alpha value is -1.55. The van der Waals surface area contributed by atoms with Crippen LogP contribution in [-0.4, -0.2) is 41.7 Å². The maximum atomic E-state index is 12.5. The maximum Gasteiger partial charge on any atom is 0.233 e. The lowest BCUT2D eigenvalue weighted by Crippen LogP contribution is -2.35. The first kappa shape index (κ1) is 12.5. The minimum Gasteiger partial charge on any atom is -0.492 e. The number of hydrogen-bond acceptors (Lipinski definition) is 3. The van der Waals surface area contributed by atoms with Crippen molar-refractivity contribution in [3.8, 4) is 5.75 Å². The first-order chi connectivity index (χ1) is 9.16. The summed E-state index contributed by atoms with van der Waals surface area (Å²) in [7, 11) is 0. The number of carbonyl (C=O) groups is 1. The minimum atomic E-state index is -0.343. The Morgan fingerprint density at radius 3 is 3.00 bits per heavy atom. The van der Waals surface area contributed by atoms with E-state index in [1.807, 2.05) is 29.2 Å². The third-order valence-corrected chi connectivity index (χ3v) is 4.22. The fourth-order valence-electron chi connectivity index (χ4n) is 2.97. The van der Waals surface area contributed by atoms with Crippen LogP contribution in [0, 0.1) is 5.92 Å². The Balaban J connectivity index is 1.73. The van der Waals surface area contributed by atoms with Gasteiger partial charge in [0.15, 0.2) is 0 Å². The Kier molecular flexibility index (Phi) is 3.19. The first-order valence-corrected chi connectivity index (χ1v) is 6.85. The van der Waals surface area contributed by atoms with Gasteiger partial charge in [-0.2, -0.15) is 0 Å². The van der Waals surface area contributed by atoms with Crippen LogP contribution < -0.4 is 4.74 Å². The van der Waals surface area contributed by atoms with Crippen molar-refractivity contribution in [1.29, 1.82) is 0 Å². The average Bonchev–Trinajstić information content (AvgIpc) is 3.05. The number of para-hydroxylation sites is 1. The van der Waals surface area contributed by atoms with E-state index in [1.54, 1.807) is 6.92 Å². The van der Waals surface area contributed by atoms with E-state index < -0.39 is 0 Å². The number of benzene rings is 1. The molecule has 1 saturated heterocycles. The molecule has 4 nitrogen and oxygen atoms in total. The first-order valence-electron chi connectivity index (χ1n) is 6.85. The van der Waals surface area contributed by atoms with Crippen molar-refractivity contribution in [3.05, 3.63) is 29.8 Å². The van der Waals surface area contributed by atoms with Crippen molar-refractivity contribution < 1.29 is 14.6 Å². The molecule has 1 aromatic rings. The van der Waals surface area contributed by atoms with E-state index in [0.717, 1.165) is 24.3 Å². The van der Waals surface area contributed by atoms with Crippen LogP contribution in [0.2, 0.25) is 0 Å². The molecule has 0 radical (unpaired) electrons. The van der Waals surface area contributed by atoms with E-state index in [2.05, 4.69) is 0 Å². The lowest BCUT2D eigenvalue weighted by atomic mass is 10.00. The number of rotatable bonds is 2. The smallest absolute Gasteiger partial charge is 0.233 e. The summed E-state index contributed by atoms with van der Waals surface area (Å²) >= 11 is 0. The highest BCUT2D eigenvalue weighted by atomic mass is 16.5. The molecule has 3 rings (SSSR count). The molecule has 0 bridgehead atoms. The van der Waals surface area contributed by atoms with Crippen LogP contribution in [0.1, 0.15) is 24.8 Å². The van der Waals surface area contributed by atoms with Crippen LogP contribution in [0.5, 0.6) is 5.75 Å². The Morgan fingerprint density at radius 1 is 1.47 bits per heavy atom. The molecule has 4 heteroatoms. The summed E-state index contributed by atoms with van der Waals surface area (Å²) < 4.78 is 5.57. The second-order valence-corrected chi connectivity index (χ2v) is 5.48. The molecule has 2 aliphatic heterocycles. The lowest BCUT2D eigenvalue weighted by molar-refractivity contribution is -0.132. The van der Waals surface area contributed by atoms with E-state index in [4.69, 9.17) is 4.74 Å². The third-order valence-electron chi connectivity index (χ3n) is 4.22. The zero-order chi connectivity index (χ0) is 13.4. The van der Waals surface area contributed by atoms with Gasteiger partial charge in [-0.1, -0.05) is 18.2 Å². The summed E-state index contributed by atoms with van der Waals surface area (Å²) in [4.78, 5) is 14.4. The summed E-state index contributed by atoms with van der Waals surface area (Å²) in [5, 5.41) is 9.61. The van der Waals surface area contributed by atoms with Crippen LogP contribution in [0.15, 0.2) is 24.3 Å². The fourth-order valence-corrected chi connectivity index (χ4v) is 2.97. The molecule has 2 aliphatic rings. The SMILES string of the molecule is CC(O)C1CCN(C(=O)C2COc3ccccc32)C1. The highest BCUT2D eigenvalue weighted by molar-refractivity contribution is 5.85. The van der Waals surface area contributed by atoms with E-state index in [9.17, 15) is 9.90 Å². The zero-order valence-corrected chi connectivity index (χ0v) is 11.1. The van der Waals surface area contributed by atoms with E-state index >= 15 is 0 Å². The third kappa shape index (κ3) is 2.21. The number of aliphatic hydroxyl groups excluding tert-OH is 1. The number of ether oxygens (including phenoxy) is 1. The van der Waals surface area contributed by atoms with Gasteiger partial charge in [0.2, 0.25) is 5.91 Å². The highest BCUT2D eigenvalue weighted by Crippen LogP contribution is 2.35. The number of amides is 1. The molecule has 0 saturated carbocycles. The quantitative estimate of drug-likeness (QED) is 0.875. The monoisotopic (exact) mass is 261 g/mol. The van der Waals surface area contributed by atoms with Gasteiger partial charge in [-0.25, -0.2) is 0 Å². The maximum absolute atomic E-state index is 12.5. The van der Waals surface area contributed by atoms with Crippen LogP contribution in [0.4, 0.5) is 0 Å². The molecule has 0 aliphatic carbocycles. The molecule has 1 amide bonds. The van der Waals surface area contributed by atoms with Gasteiger partial charge in [0, 0.05) is 24.6 Å². The van der Waals surface area contributed by atoms with Crippen LogP contribution in [-0.2, 0) is 4.79 Å². The fraction of sp³-hybridized carbons (Fsp3) is 0.533. The molecular formula is C15H19NO3. The van der Waals surface area contributed by atoms with Gasteiger partial charge >= 0.3 is 0 Å². The standard InChI is InChI=1S/C15H19NO3/c1-10(17)11-6-7-16(8-11)15(18)13-9-19-14-5-3-2-4-12(13)14/h2-5,10-11,13,17H,6-9H2,1H3. The topological polar surface area (TPSA) is 49.8 Å². The van der Waals surface area contributed by atoms with Gasteiger partial charge < -0.3 is 14.7 Å². The second kappa shape index (κ2) is 4.85. The van der Waals surface area contributed by atoms with Crippen LogP contribution in [0.3, 0.4) is 0 Å². The molecule has 2 heterocycles. The van der Waals surface area contributed by atoms with Gasteiger partial charge in [0.05, 0.1) is 6.10 Å². The van der Waals surface area contributed by atoms with Gasteiger partial charge in [-0.05, 0) is 19.4 Å². The van der Waals surface area contributed by atoms with Crippen molar-refractivity contribution in [3.63, 3.8) is 0 Å². The summed E-state index contributed by atoms with van der Waals surface area (Å²) in [5.41, 5.74) is 0.994. The average molecular weight is 261 g/mol.